The molecule has 1 aliphatic heterocycles. The Morgan fingerprint density at radius 1 is 0.345 bits per heavy atom. The number of aromatic nitrogens is 2. The van der Waals surface area contributed by atoms with Crippen molar-refractivity contribution in [3.05, 3.63) is 218 Å². The molecule has 2 aromatic heterocycles. The summed E-state index contributed by atoms with van der Waals surface area (Å²) < 4.78 is 11.4. The summed E-state index contributed by atoms with van der Waals surface area (Å²) in [5.41, 5.74) is 9.16. The topological polar surface area (TPSA) is 19.1 Å². The first kappa shape index (κ1) is 32.8. The summed E-state index contributed by atoms with van der Waals surface area (Å²) in [6, 6.07) is 80.1. The predicted octanol–water partition coefficient (Wildman–Crippen LogP) is 11.0. The van der Waals surface area contributed by atoms with Crippen LogP contribution in [0.4, 0.5) is 0 Å². The summed E-state index contributed by atoms with van der Waals surface area (Å²) in [6.07, 6.45) is 0. The Labute approximate surface area is 337 Å². The molecule has 0 saturated heterocycles. The van der Waals surface area contributed by atoms with Crippen LogP contribution in [0, 0.1) is 0 Å². The van der Waals surface area contributed by atoms with Gasteiger partial charge < -0.3 is 13.9 Å². The van der Waals surface area contributed by atoms with E-state index in [1.54, 1.807) is 0 Å². The normalized spacial score (nSPS) is 12.3. The van der Waals surface area contributed by atoms with Gasteiger partial charge in [-0.3, -0.25) is 0 Å². The first-order valence-electron chi connectivity index (χ1n) is 19.9. The lowest BCUT2D eigenvalue weighted by atomic mass is 10.0. The first-order valence-corrected chi connectivity index (χ1v) is 21.9. The lowest BCUT2D eigenvalue weighted by molar-refractivity contribution is 0.477. The van der Waals surface area contributed by atoms with E-state index in [1.165, 1.54) is 58.8 Å². The Kier molecular flexibility index (Phi) is 7.25. The molecule has 0 atom stereocenters. The number of rotatable bonds is 6. The van der Waals surface area contributed by atoms with Gasteiger partial charge in [-0.25, -0.2) is 0 Å². The van der Waals surface area contributed by atoms with Gasteiger partial charge in [-0.1, -0.05) is 176 Å². The van der Waals surface area contributed by atoms with Gasteiger partial charge in [-0.2, -0.15) is 0 Å². The molecule has 1 aliphatic rings. The van der Waals surface area contributed by atoms with Crippen LogP contribution in [-0.4, -0.2) is 17.2 Å². The van der Waals surface area contributed by atoms with Crippen molar-refractivity contribution in [2.45, 2.75) is 0 Å². The molecule has 0 N–H and O–H groups in total. The number of para-hydroxylation sites is 4. The molecular formula is C54H36N2OSi. The van der Waals surface area contributed by atoms with Gasteiger partial charge in [0.25, 0.3) is 0 Å². The SMILES string of the molecule is c1ccc([Si](c2ccccc2)(c2ccccc2)c2ccc3c(c2)c2ccccc2n3-c2ccc(-c3cccc4c3-n3c5ccccc5c5cccc(c53)O4)cc2)cc1. The monoisotopic (exact) mass is 756 g/mol. The van der Waals surface area contributed by atoms with Gasteiger partial charge in [0.1, 0.15) is 0 Å². The van der Waals surface area contributed by atoms with Crippen molar-refractivity contribution in [3.8, 4) is 34.0 Å². The number of hydrogen-bond acceptors (Lipinski definition) is 1. The maximum Gasteiger partial charge on any atom is 0.179 e. The highest BCUT2D eigenvalue weighted by Crippen LogP contribution is 2.48. The molecule has 0 bridgehead atoms. The summed E-state index contributed by atoms with van der Waals surface area (Å²) in [4.78, 5) is 0. The predicted molar refractivity (Wildman–Crippen MR) is 244 cm³/mol. The van der Waals surface area contributed by atoms with Crippen LogP contribution < -0.4 is 25.5 Å². The number of nitrogens with zero attached hydrogens (tertiary/aromatic N) is 2. The molecule has 3 heterocycles. The van der Waals surface area contributed by atoms with E-state index in [1.807, 2.05) is 0 Å². The third-order valence-electron chi connectivity index (χ3n) is 12.3. The van der Waals surface area contributed by atoms with Gasteiger partial charge in [-0.15, -0.1) is 0 Å². The van der Waals surface area contributed by atoms with Crippen molar-refractivity contribution in [3.63, 3.8) is 0 Å². The average molecular weight is 757 g/mol. The van der Waals surface area contributed by atoms with E-state index in [9.17, 15) is 0 Å². The van der Waals surface area contributed by atoms with E-state index in [0.717, 1.165) is 39.5 Å². The zero-order valence-corrected chi connectivity index (χ0v) is 32.6. The third kappa shape index (κ3) is 4.67. The van der Waals surface area contributed by atoms with Crippen LogP contribution in [0.15, 0.2) is 218 Å². The minimum Gasteiger partial charge on any atom is -0.453 e. The quantitative estimate of drug-likeness (QED) is 0.122. The fraction of sp³-hybridized carbons (Fsp3) is 0. The molecule has 0 unspecified atom stereocenters. The summed E-state index contributed by atoms with van der Waals surface area (Å²) >= 11 is 0. The van der Waals surface area contributed by atoms with E-state index in [2.05, 4.69) is 228 Å². The van der Waals surface area contributed by atoms with Crippen LogP contribution in [0.1, 0.15) is 0 Å². The van der Waals surface area contributed by atoms with Crippen molar-refractivity contribution >= 4 is 72.4 Å². The summed E-state index contributed by atoms with van der Waals surface area (Å²) in [5, 5.41) is 10.4. The standard InChI is InChI=1S/C54H36N2OSi/c1-4-16-39(17-5-1)58(40-18-6-2-7-19-40,41-20-8-3-9-21-41)42-34-35-50-47(36-42)45-23-11-12-26-48(45)55(50)38-32-30-37(31-33-38)43-24-14-28-51-53(43)56-49-27-13-10-22-44(49)46-25-15-29-52(57-51)54(46)56/h1-36H. The second-order valence-corrected chi connectivity index (χ2v) is 19.0. The fourth-order valence-electron chi connectivity index (χ4n) is 9.83. The zero-order chi connectivity index (χ0) is 38.2. The Morgan fingerprint density at radius 3 is 1.52 bits per heavy atom. The number of ether oxygens (including phenoxy) is 1. The van der Waals surface area contributed by atoms with Crippen LogP contribution in [0.2, 0.25) is 0 Å². The highest BCUT2D eigenvalue weighted by molar-refractivity contribution is 7.20. The van der Waals surface area contributed by atoms with Crippen molar-refractivity contribution in [2.24, 2.45) is 0 Å². The van der Waals surface area contributed by atoms with Crippen LogP contribution in [0.25, 0.3) is 66.1 Å². The fourth-order valence-corrected chi connectivity index (χ4v) is 14.6. The van der Waals surface area contributed by atoms with Gasteiger partial charge in [0.2, 0.25) is 0 Å². The van der Waals surface area contributed by atoms with Crippen molar-refractivity contribution in [1.82, 2.24) is 9.13 Å². The highest BCUT2D eigenvalue weighted by atomic mass is 28.3. The Bertz CT molecular complexity index is 3250. The van der Waals surface area contributed by atoms with E-state index in [4.69, 9.17) is 4.74 Å². The molecule has 0 aliphatic carbocycles. The molecule has 9 aromatic carbocycles. The van der Waals surface area contributed by atoms with Crippen LogP contribution in [0.5, 0.6) is 11.5 Å². The largest absolute Gasteiger partial charge is 0.453 e. The molecule has 11 aromatic rings. The lowest BCUT2D eigenvalue weighted by Gasteiger charge is -2.34. The maximum atomic E-state index is 6.62. The molecule has 272 valence electrons. The minimum atomic E-state index is -2.70. The first-order chi connectivity index (χ1) is 28.8. The van der Waals surface area contributed by atoms with Crippen LogP contribution in [-0.2, 0) is 0 Å². The van der Waals surface area contributed by atoms with E-state index in [-0.39, 0.29) is 0 Å². The van der Waals surface area contributed by atoms with E-state index < -0.39 is 8.07 Å². The highest BCUT2D eigenvalue weighted by Gasteiger charge is 2.41. The second kappa shape index (κ2) is 12.8. The third-order valence-corrected chi connectivity index (χ3v) is 17.0. The molecule has 3 nitrogen and oxygen atoms in total. The average Bonchev–Trinajstić information content (AvgIpc) is 3.81. The maximum absolute atomic E-state index is 6.62. The van der Waals surface area contributed by atoms with Crippen LogP contribution in [0.3, 0.4) is 0 Å². The molecule has 0 saturated carbocycles. The van der Waals surface area contributed by atoms with Gasteiger partial charge in [-0.05, 0) is 68.8 Å². The summed E-state index contributed by atoms with van der Waals surface area (Å²) in [7, 11) is -2.70. The molecule has 0 radical (unpaired) electrons. The number of hydrogen-bond donors (Lipinski definition) is 0. The second-order valence-electron chi connectivity index (χ2n) is 15.2. The molecule has 0 fully saturated rings. The molecule has 0 amide bonds. The van der Waals surface area contributed by atoms with Crippen LogP contribution >= 0.6 is 0 Å². The molecule has 58 heavy (non-hydrogen) atoms. The molecule has 4 heteroatoms. The molecular weight excluding hydrogens is 721 g/mol. The number of benzene rings is 9. The van der Waals surface area contributed by atoms with E-state index in [0.29, 0.717) is 0 Å². The van der Waals surface area contributed by atoms with Gasteiger partial charge in [0.15, 0.2) is 19.6 Å². The molecule has 0 spiro atoms. The zero-order valence-electron chi connectivity index (χ0n) is 31.6. The lowest BCUT2D eigenvalue weighted by Crippen LogP contribution is -2.74. The van der Waals surface area contributed by atoms with Gasteiger partial charge >= 0.3 is 0 Å². The summed E-state index contributed by atoms with van der Waals surface area (Å²) in [5.74, 6) is 1.75. The Balaban J connectivity index is 1.04. The van der Waals surface area contributed by atoms with E-state index >= 15 is 0 Å². The van der Waals surface area contributed by atoms with Crippen molar-refractivity contribution in [2.75, 3.05) is 0 Å². The Hall–Kier alpha value is -7.40. The van der Waals surface area contributed by atoms with Crippen molar-refractivity contribution < 1.29 is 4.74 Å². The Morgan fingerprint density at radius 2 is 0.862 bits per heavy atom. The van der Waals surface area contributed by atoms with Gasteiger partial charge in [0, 0.05) is 32.8 Å². The minimum absolute atomic E-state index is 0.863. The van der Waals surface area contributed by atoms with Crippen molar-refractivity contribution in [1.29, 1.82) is 0 Å². The van der Waals surface area contributed by atoms with Gasteiger partial charge in [0.05, 0.1) is 27.8 Å². The summed E-state index contributed by atoms with van der Waals surface area (Å²) in [6.45, 7) is 0. The molecule has 12 rings (SSSR count). The smallest absolute Gasteiger partial charge is 0.179 e. The number of fused-ring (bicyclic) bond motifs is 8.